The molecule has 0 atom stereocenters. The molecule has 7 nitrogen and oxygen atoms in total. The number of amides is 2. The minimum Gasteiger partial charge on any atom is -0.355 e. The highest BCUT2D eigenvalue weighted by Crippen LogP contribution is 2.16. The van der Waals surface area contributed by atoms with Gasteiger partial charge in [-0.15, -0.1) is 0 Å². The van der Waals surface area contributed by atoms with Gasteiger partial charge in [-0.2, -0.15) is 0 Å². The molecule has 1 N–H and O–H groups in total. The number of nitrogens with one attached hydrogen (secondary N) is 1. The van der Waals surface area contributed by atoms with Crippen LogP contribution in [0.15, 0.2) is 6.20 Å². The van der Waals surface area contributed by atoms with Crippen LogP contribution >= 0.6 is 0 Å². The van der Waals surface area contributed by atoms with Crippen molar-refractivity contribution in [1.82, 2.24) is 25.1 Å². The zero-order valence-electron chi connectivity index (χ0n) is 15.0. The molecule has 2 aliphatic heterocycles. The van der Waals surface area contributed by atoms with Crippen molar-refractivity contribution in [1.29, 1.82) is 0 Å². The quantitative estimate of drug-likeness (QED) is 0.771. The molecule has 0 aromatic carbocycles. The summed E-state index contributed by atoms with van der Waals surface area (Å²) in [5, 5.41) is 2.94. The standard InChI is InChI=1S/C18H27N5O2/c1-14-20-12-15-16(21-14)6-4-11-23(18(15)25)13-17(24)19-7-5-10-22-8-2-3-9-22/h12H,2-11,13H2,1H3,(H,19,24). The Morgan fingerprint density at radius 3 is 2.84 bits per heavy atom. The number of rotatable bonds is 6. The minimum atomic E-state index is -0.139. The fourth-order valence-corrected chi connectivity index (χ4v) is 3.51. The molecular weight excluding hydrogens is 318 g/mol. The topological polar surface area (TPSA) is 78.4 Å². The number of hydrogen-bond acceptors (Lipinski definition) is 5. The summed E-state index contributed by atoms with van der Waals surface area (Å²) in [7, 11) is 0. The molecule has 136 valence electrons. The summed E-state index contributed by atoms with van der Waals surface area (Å²) < 4.78 is 0. The van der Waals surface area contributed by atoms with Crippen LogP contribution in [-0.4, -0.2) is 70.9 Å². The van der Waals surface area contributed by atoms with E-state index < -0.39 is 0 Å². The van der Waals surface area contributed by atoms with Gasteiger partial charge in [0.2, 0.25) is 5.91 Å². The van der Waals surface area contributed by atoms with E-state index in [-0.39, 0.29) is 18.4 Å². The molecule has 0 aliphatic carbocycles. The number of hydrogen-bond donors (Lipinski definition) is 1. The summed E-state index contributed by atoms with van der Waals surface area (Å²) in [6.07, 6.45) is 6.68. The molecule has 3 heterocycles. The third-order valence-corrected chi connectivity index (χ3v) is 4.85. The Bertz CT molecular complexity index is 628. The lowest BCUT2D eigenvalue weighted by molar-refractivity contribution is -0.121. The summed E-state index contributed by atoms with van der Waals surface area (Å²) in [5.41, 5.74) is 1.33. The van der Waals surface area contributed by atoms with Gasteiger partial charge >= 0.3 is 0 Å². The van der Waals surface area contributed by atoms with Gasteiger partial charge in [-0.3, -0.25) is 9.59 Å². The Balaban J connectivity index is 1.47. The number of carbonyl (C=O) groups excluding carboxylic acids is 2. The monoisotopic (exact) mass is 345 g/mol. The molecule has 7 heteroatoms. The van der Waals surface area contributed by atoms with Gasteiger partial charge in [-0.25, -0.2) is 9.97 Å². The summed E-state index contributed by atoms with van der Waals surface area (Å²) in [4.78, 5) is 37.4. The molecule has 3 rings (SSSR count). The maximum absolute atomic E-state index is 12.6. The van der Waals surface area contributed by atoms with E-state index in [4.69, 9.17) is 0 Å². The molecule has 2 aliphatic rings. The van der Waals surface area contributed by atoms with Gasteiger partial charge in [-0.05, 0) is 58.7 Å². The first-order chi connectivity index (χ1) is 12.1. The average Bonchev–Trinajstić information content (AvgIpc) is 3.06. The SMILES string of the molecule is Cc1ncc2c(n1)CCCN(CC(=O)NCCCN1CCCC1)C2=O. The van der Waals surface area contributed by atoms with Crippen LogP contribution in [0.4, 0.5) is 0 Å². The number of carbonyl (C=O) groups is 2. The highest BCUT2D eigenvalue weighted by Gasteiger charge is 2.25. The molecule has 1 aromatic heterocycles. The van der Waals surface area contributed by atoms with Gasteiger partial charge < -0.3 is 15.1 Å². The van der Waals surface area contributed by atoms with Gasteiger partial charge in [0.25, 0.3) is 5.91 Å². The van der Waals surface area contributed by atoms with Crippen LogP contribution < -0.4 is 5.32 Å². The first-order valence-corrected chi connectivity index (χ1v) is 9.24. The molecule has 0 unspecified atom stereocenters. The van der Waals surface area contributed by atoms with Crippen LogP contribution in [0.1, 0.15) is 47.6 Å². The number of aryl methyl sites for hydroxylation is 2. The molecule has 25 heavy (non-hydrogen) atoms. The van der Waals surface area contributed by atoms with Crippen molar-refractivity contribution in [2.75, 3.05) is 39.3 Å². The lowest BCUT2D eigenvalue weighted by Crippen LogP contribution is -2.41. The van der Waals surface area contributed by atoms with Crippen LogP contribution in [0.5, 0.6) is 0 Å². The normalized spacial score (nSPS) is 18.1. The number of fused-ring (bicyclic) bond motifs is 1. The fourth-order valence-electron chi connectivity index (χ4n) is 3.51. The number of likely N-dealkylation sites (tertiary alicyclic amines) is 1. The van der Waals surface area contributed by atoms with E-state index in [2.05, 4.69) is 20.2 Å². The van der Waals surface area contributed by atoms with E-state index >= 15 is 0 Å². The predicted octanol–water partition coefficient (Wildman–Crippen LogP) is 0.776. The van der Waals surface area contributed by atoms with E-state index in [1.165, 1.54) is 25.9 Å². The predicted molar refractivity (Wildman–Crippen MR) is 94.3 cm³/mol. The Kier molecular flexibility index (Phi) is 5.96. The van der Waals surface area contributed by atoms with Crippen molar-refractivity contribution >= 4 is 11.8 Å². The van der Waals surface area contributed by atoms with Crippen molar-refractivity contribution in [2.45, 2.75) is 39.0 Å². The maximum atomic E-state index is 12.6. The van der Waals surface area contributed by atoms with E-state index in [1.807, 2.05) is 6.92 Å². The summed E-state index contributed by atoms with van der Waals surface area (Å²) in [6, 6.07) is 0. The van der Waals surface area contributed by atoms with Gasteiger partial charge in [-0.1, -0.05) is 0 Å². The molecule has 1 saturated heterocycles. The van der Waals surface area contributed by atoms with Crippen LogP contribution in [0.25, 0.3) is 0 Å². The molecule has 0 saturated carbocycles. The lowest BCUT2D eigenvalue weighted by atomic mass is 10.1. The van der Waals surface area contributed by atoms with Crippen LogP contribution in [0.2, 0.25) is 0 Å². The highest BCUT2D eigenvalue weighted by atomic mass is 16.2. The van der Waals surface area contributed by atoms with Crippen LogP contribution in [0.3, 0.4) is 0 Å². The summed E-state index contributed by atoms with van der Waals surface area (Å²) >= 11 is 0. The van der Waals surface area contributed by atoms with Gasteiger partial charge in [0.1, 0.15) is 5.82 Å². The summed E-state index contributed by atoms with van der Waals surface area (Å²) in [6.45, 7) is 6.56. The van der Waals surface area contributed by atoms with Crippen LogP contribution in [-0.2, 0) is 11.2 Å². The number of aromatic nitrogens is 2. The van der Waals surface area contributed by atoms with Gasteiger partial charge in [0, 0.05) is 19.3 Å². The second-order valence-electron chi connectivity index (χ2n) is 6.86. The zero-order valence-corrected chi connectivity index (χ0v) is 15.0. The third kappa shape index (κ3) is 4.75. The third-order valence-electron chi connectivity index (χ3n) is 4.85. The van der Waals surface area contributed by atoms with Crippen molar-refractivity contribution < 1.29 is 9.59 Å². The number of nitrogens with zero attached hydrogens (tertiary/aromatic N) is 4. The molecular formula is C18H27N5O2. The van der Waals surface area contributed by atoms with Crippen molar-refractivity contribution in [2.24, 2.45) is 0 Å². The van der Waals surface area contributed by atoms with E-state index in [0.29, 0.717) is 24.5 Å². The second-order valence-corrected chi connectivity index (χ2v) is 6.86. The molecule has 0 spiro atoms. The van der Waals surface area contributed by atoms with Crippen molar-refractivity contribution in [3.05, 3.63) is 23.3 Å². The van der Waals surface area contributed by atoms with Crippen molar-refractivity contribution in [3.63, 3.8) is 0 Å². The Hall–Kier alpha value is -2.02. The molecule has 1 aromatic rings. The lowest BCUT2D eigenvalue weighted by Gasteiger charge is -2.20. The summed E-state index contributed by atoms with van der Waals surface area (Å²) in [5.74, 6) is 0.446. The van der Waals surface area contributed by atoms with E-state index in [0.717, 1.165) is 31.5 Å². The Morgan fingerprint density at radius 2 is 2.04 bits per heavy atom. The second kappa shape index (κ2) is 8.38. The van der Waals surface area contributed by atoms with E-state index in [9.17, 15) is 9.59 Å². The van der Waals surface area contributed by atoms with E-state index in [1.54, 1.807) is 11.1 Å². The maximum Gasteiger partial charge on any atom is 0.257 e. The van der Waals surface area contributed by atoms with Crippen molar-refractivity contribution in [3.8, 4) is 0 Å². The first-order valence-electron chi connectivity index (χ1n) is 9.24. The van der Waals surface area contributed by atoms with Gasteiger partial charge in [0.15, 0.2) is 0 Å². The minimum absolute atomic E-state index is 0.0914. The van der Waals surface area contributed by atoms with Crippen LogP contribution in [0, 0.1) is 6.92 Å². The Labute approximate surface area is 148 Å². The first kappa shape index (κ1) is 17.8. The highest BCUT2D eigenvalue weighted by molar-refractivity contribution is 5.97. The zero-order chi connectivity index (χ0) is 17.6. The molecule has 1 fully saturated rings. The largest absolute Gasteiger partial charge is 0.355 e. The molecule has 0 bridgehead atoms. The Morgan fingerprint density at radius 1 is 1.24 bits per heavy atom. The average molecular weight is 345 g/mol. The smallest absolute Gasteiger partial charge is 0.257 e. The molecule has 2 amide bonds. The molecule has 0 radical (unpaired) electrons. The van der Waals surface area contributed by atoms with Gasteiger partial charge in [0.05, 0.1) is 17.8 Å². The fraction of sp³-hybridized carbons (Fsp3) is 0.667.